The van der Waals surface area contributed by atoms with E-state index in [9.17, 15) is 18.7 Å². The molecule has 0 saturated carbocycles. The average molecular weight is 647 g/mol. The van der Waals surface area contributed by atoms with Crippen molar-refractivity contribution >= 4 is 46.6 Å². The van der Waals surface area contributed by atoms with Gasteiger partial charge in [0.2, 0.25) is 0 Å². The minimum atomic E-state index is -3.78. The SMILES string of the molecule is CC.CCO.Cc1ccc(Cl)c(Sc2cc(C(F)(F)Cl)[nH]c(=O)c2O)c1Cl.[W]. The van der Waals surface area contributed by atoms with Crippen LogP contribution >= 0.6 is 46.6 Å². The molecule has 2 rings (SSSR count). The number of hydrogen-bond acceptors (Lipinski definition) is 4. The molecule has 0 unspecified atom stereocenters. The number of aromatic hydroxyl groups is 1. The minimum absolute atomic E-state index is 0. The van der Waals surface area contributed by atoms with E-state index < -0.39 is 22.4 Å². The fourth-order valence-corrected chi connectivity index (χ4v) is 3.30. The Morgan fingerprint density at radius 2 is 1.75 bits per heavy atom. The molecule has 0 aliphatic heterocycles. The van der Waals surface area contributed by atoms with Gasteiger partial charge in [-0.25, -0.2) is 0 Å². The maximum absolute atomic E-state index is 13.2. The van der Waals surface area contributed by atoms with Crippen molar-refractivity contribution in [3.05, 3.63) is 49.9 Å². The third kappa shape index (κ3) is 8.60. The van der Waals surface area contributed by atoms with Crippen LogP contribution in [0.2, 0.25) is 10.0 Å². The zero-order valence-corrected chi connectivity index (χ0v) is 21.5. The maximum Gasteiger partial charge on any atom is 0.362 e. The summed E-state index contributed by atoms with van der Waals surface area (Å²) < 4.78 is 26.3. The Hall–Kier alpha value is -0.302. The molecule has 4 nitrogen and oxygen atoms in total. The van der Waals surface area contributed by atoms with Crippen molar-refractivity contribution in [3.63, 3.8) is 0 Å². The van der Waals surface area contributed by atoms with Gasteiger partial charge in [-0.15, -0.1) is 0 Å². The standard InChI is InChI=1S/C13H8Cl3F2NO2S.C2H6O.C2H6.W/c1-5-2-3-6(14)11(9(5)15)22-7-4-8(13(16,17)18)19-12(21)10(7)20;1-2-3;1-2;/h2-4,20H,1H3,(H,19,21);3H,2H2,1H3;1-2H3;. The predicted octanol–water partition coefficient (Wildman–Crippen LogP) is 6.16. The topological polar surface area (TPSA) is 73.3 Å². The molecular formula is C17H20Cl3F2NO3SW. The van der Waals surface area contributed by atoms with Crippen molar-refractivity contribution in [2.45, 2.75) is 42.9 Å². The third-order valence-corrected chi connectivity index (χ3v) is 5.12. The molecule has 0 aliphatic carbocycles. The number of aromatic amines is 1. The number of rotatable bonds is 3. The minimum Gasteiger partial charge on any atom is -0.502 e. The van der Waals surface area contributed by atoms with Gasteiger partial charge < -0.3 is 15.2 Å². The molecule has 1 aromatic carbocycles. The summed E-state index contributed by atoms with van der Waals surface area (Å²) in [7, 11) is 0. The number of nitrogens with one attached hydrogen (secondary N) is 1. The Balaban J connectivity index is 0. The second-order valence-corrected chi connectivity index (χ2v) is 6.96. The van der Waals surface area contributed by atoms with Gasteiger partial charge in [-0.3, -0.25) is 4.79 Å². The number of aliphatic hydroxyl groups is 1. The zero-order chi connectivity index (χ0) is 21.4. The van der Waals surface area contributed by atoms with Crippen LogP contribution in [0.15, 0.2) is 32.8 Å². The molecular weight excluding hydrogens is 626 g/mol. The summed E-state index contributed by atoms with van der Waals surface area (Å²) in [5.41, 5.74) is -1.21. The van der Waals surface area contributed by atoms with Gasteiger partial charge >= 0.3 is 5.38 Å². The molecule has 1 heterocycles. The van der Waals surface area contributed by atoms with E-state index in [0.29, 0.717) is 15.5 Å². The number of pyridine rings is 1. The smallest absolute Gasteiger partial charge is 0.362 e. The van der Waals surface area contributed by atoms with Crippen molar-refractivity contribution in [3.8, 4) is 5.75 Å². The predicted molar refractivity (Wildman–Crippen MR) is 108 cm³/mol. The van der Waals surface area contributed by atoms with Gasteiger partial charge in [0.25, 0.3) is 5.56 Å². The van der Waals surface area contributed by atoms with Crippen LogP contribution in [0.5, 0.6) is 5.75 Å². The van der Waals surface area contributed by atoms with Crippen LogP contribution < -0.4 is 5.56 Å². The Kier molecular flexibility index (Phi) is 14.8. The molecule has 0 aliphatic rings. The number of halogens is 5. The molecule has 0 atom stereocenters. The molecule has 158 valence electrons. The molecule has 0 fully saturated rings. The van der Waals surface area contributed by atoms with Gasteiger partial charge in [0, 0.05) is 32.6 Å². The summed E-state index contributed by atoms with van der Waals surface area (Å²) in [6.45, 7) is 7.67. The summed E-state index contributed by atoms with van der Waals surface area (Å²) in [6.07, 6.45) is 0. The summed E-state index contributed by atoms with van der Waals surface area (Å²) in [6, 6.07) is 4.14. The second-order valence-electron chi connectivity index (χ2n) is 4.65. The molecule has 2 aromatic rings. The van der Waals surface area contributed by atoms with Crippen molar-refractivity contribution in [2.24, 2.45) is 0 Å². The first-order valence-corrected chi connectivity index (χ1v) is 9.74. The summed E-state index contributed by atoms with van der Waals surface area (Å²) in [5.74, 6) is -0.719. The van der Waals surface area contributed by atoms with Crippen molar-refractivity contribution < 1.29 is 40.1 Å². The van der Waals surface area contributed by atoms with E-state index >= 15 is 0 Å². The summed E-state index contributed by atoms with van der Waals surface area (Å²) in [5, 5.41) is 14.1. The van der Waals surface area contributed by atoms with E-state index in [-0.39, 0.29) is 37.6 Å². The van der Waals surface area contributed by atoms with Crippen LogP contribution in [0, 0.1) is 6.92 Å². The fraction of sp³-hybridized carbons (Fsp3) is 0.353. The van der Waals surface area contributed by atoms with Gasteiger partial charge in [0.05, 0.1) is 14.9 Å². The Morgan fingerprint density at radius 3 is 2.21 bits per heavy atom. The quantitative estimate of drug-likeness (QED) is 0.350. The van der Waals surface area contributed by atoms with Gasteiger partial charge in [-0.1, -0.05) is 54.9 Å². The molecule has 0 radical (unpaired) electrons. The van der Waals surface area contributed by atoms with Crippen LogP contribution in [0.4, 0.5) is 8.78 Å². The molecule has 1 aromatic heterocycles. The Morgan fingerprint density at radius 1 is 1.25 bits per heavy atom. The molecule has 28 heavy (non-hydrogen) atoms. The van der Waals surface area contributed by atoms with E-state index in [1.807, 2.05) is 18.8 Å². The largest absolute Gasteiger partial charge is 0.502 e. The van der Waals surface area contributed by atoms with Crippen LogP contribution in [-0.4, -0.2) is 21.8 Å². The van der Waals surface area contributed by atoms with Crippen molar-refractivity contribution in [1.82, 2.24) is 4.98 Å². The van der Waals surface area contributed by atoms with Crippen LogP contribution in [0.25, 0.3) is 0 Å². The van der Waals surface area contributed by atoms with E-state index in [1.165, 1.54) is 0 Å². The van der Waals surface area contributed by atoms with Crippen LogP contribution in [-0.2, 0) is 26.4 Å². The van der Waals surface area contributed by atoms with Crippen molar-refractivity contribution in [2.75, 3.05) is 6.61 Å². The Bertz CT molecular complexity index is 817. The molecule has 0 amide bonds. The summed E-state index contributed by atoms with van der Waals surface area (Å²) in [4.78, 5) is 13.6. The first-order chi connectivity index (χ1) is 12.5. The van der Waals surface area contributed by atoms with Crippen LogP contribution in [0.1, 0.15) is 32.0 Å². The normalized spacial score (nSPS) is 10.1. The summed E-state index contributed by atoms with van der Waals surface area (Å²) >= 11 is 17.8. The number of benzene rings is 1. The number of hydrogen-bond donors (Lipinski definition) is 3. The first-order valence-electron chi connectivity index (χ1n) is 7.79. The number of H-pyrrole nitrogens is 1. The van der Waals surface area contributed by atoms with E-state index in [2.05, 4.69) is 0 Å². The number of aliphatic hydroxyl groups excluding tert-OH is 1. The molecule has 3 N–H and O–H groups in total. The zero-order valence-electron chi connectivity index (χ0n) is 15.4. The molecule has 11 heteroatoms. The van der Waals surface area contributed by atoms with Crippen LogP contribution in [0.3, 0.4) is 0 Å². The van der Waals surface area contributed by atoms with E-state index in [0.717, 1.165) is 17.8 Å². The van der Waals surface area contributed by atoms with Crippen molar-refractivity contribution in [1.29, 1.82) is 0 Å². The molecule has 0 spiro atoms. The molecule has 0 saturated heterocycles. The second kappa shape index (κ2) is 13.8. The van der Waals surface area contributed by atoms with E-state index in [1.54, 1.807) is 26.0 Å². The van der Waals surface area contributed by atoms with Gasteiger partial charge in [-0.2, -0.15) is 8.78 Å². The fourth-order valence-electron chi connectivity index (χ4n) is 1.59. The maximum atomic E-state index is 13.2. The van der Waals surface area contributed by atoms with E-state index in [4.69, 9.17) is 39.9 Å². The Labute approximate surface area is 195 Å². The number of aromatic nitrogens is 1. The van der Waals surface area contributed by atoms with Gasteiger partial charge in [0.1, 0.15) is 5.69 Å². The average Bonchev–Trinajstić information content (AvgIpc) is 2.60. The third-order valence-electron chi connectivity index (χ3n) is 2.73. The first kappa shape index (κ1) is 29.9. The van der Waals surface area contributed by atoms with Gasteiger partial charge in [0.15, 0.2) is 5.75 Å². The number of aryl methyl sites for hydroxylation is 1. The number of alkyl halides is 3. The van der Waals surface area contributed by atoms with Gasteiger partial charge in [-0.05, 0) is 43.1 Å². The molecule has 0 bridgehead atoms. The monoisotopic (exact) mass is 645 g/mol.